The fourth-order valence-electron chi connectivity index (χ4n) is 3.61. The molecule has 0 radical (unpaired) electrons. The van der Waals surface area contributed by atoms with Crippen LogP contribution in [0.5, 0.6) is 11.5 Å². The number of nitrogens with zero attached hydrogens (tertiary/aromatic N) is 2. The minimum absolute atomic E-state index is 0.147. The van der Waals surface area contributed by atoms with Gasteiger partial charge in [-0.1, -0.05) is 42.5 Å². The highest BCUT2D eigenvalue weighted by molar-refractivity contribution is 8.18. The molecule has 7 nitrogen and oxygen atoms in total. The molecule has 2 amide bonds. The Kier molecular flexibility index (Phi) is 7.63. The van der Waals surface area contributed by atoms with Crippen LogP contribution in [0, 0.1) is 10.1 Å². The first-order valence-corrected chi connectivity index (χ1v) is 11.9. The summed E-state index contributed by atoms with van der Waals surface area (Å²) in [5, 5.41) is 10.9. The molecular formula is C26H19F3N2O5S. The Morgan fingerprint density at radius 1 is 1.00 bits per heavy atom. The van der Waals surface area contributed by atoms with Crippen molar-refractivity contribution in [2.75, 3.05) is 6.54 Å². The molecule has 0 unspecified atom stereocenters. The maximum absolute atomic E-state index is 12.9. The second-order valence-corrected chi connectivity index (χ2v) is 9.02. The number of alkyl halides is 3. The molecule has 1 aliphatic rings. The summed E-state index contributed by atoms with van der Waals surface area (Å²) in [7, 11) is 0. The van der Waals surface area contributed by atoms with Crippen LogP contribution in [0.2, 0.25) is 0 Å². The minimum atomic E-state index is -4.73. The van der Waals surface area contributed by atoms with Crippen LogP contribution in [0.4, 0.5) is 23.7 Å². The molecule has 0 aromatic heterocycles. The van der Waals surface area contributed by atoms with Crippen LogP contribution >= 0.6 is 11.8 Å². The molecule has 0 N–H and O–H groups in total. The van der Waals surface area contributed by atoms with Crippen LogP contribution in [0.25, 0.3) is 6.08 Å². The summed E-state index contributed by atoms with van der Waals surface area (Å²) in [5.41, 5.74) is -0.284. The Bertz CT molecular complexity index is 1360. The van der Waals surface area contributed by atoms with Crippen molar-refractivity contribution in [2.45, 2.75) is 19.0 Å². The van der Waals surface area contributed by atoms with E-state index in [-0.39, 0.29) is 27.6 Å². The van der Waals surface area contributed by atoms with Crippen molar-refractivity contribution in [1.82, 2.24) is 4.90 Å². The molecule has 1 heterocycles. The number of ether oxygens (including phenoxy) is 1. The van der Waals surface area contributed by atoms with Crippen LogP contribution in [0.1, 0.15) is 23.1 Å². The van der Waals surface area contributed by atoms with E-state index in [4.69, 9.17) is 4.74 Å². The van der Waals surface area contributed by atoms with E-state index in [2.05, 4.69) is 0 Å². The van der Waals surface area contributed by atoms with Crippen molar-refractivity contribution in [1.29, 1.82) is 0 Å². The van der Waals surface area contributed by atoms with Gasteiger partial charge >= 0.3 is 11.9 Å². The second kappa shape index (κ2) is 10.9. The van der Waals surface area contributed by atoms with Gasteiger partial charge < -0.3 is 4.74 Å². The molecule has 1 saturated heterocycles. The third-order valence-corrected chi connectivity index (χ3v) is 6.36. The van der Waals surface area contributed by atoms with E-state index in [0.29, 0.717) is 30.7 Å². The third kappa shape index (κ3) is 6.36. The monoisotopic (exact) mass is 528 g/mol. The zero-order valence-electron chi connectivity index (χ0n) is 19.1. The number of halogens is 3. The summed E-state index contributed by atoms with van der Waals surface area (Å²) in [5.74, 6) is -0.583. The Morgan fingerprint density at radius 3 is 2.35 bits per heavy atom. The zero-order chi connectivity index (χ0) is 26.6. The molecule has 0 saturated carbocycles. The lowest BCUT2D eigenvalue weighted by molar-refractivity contribution is -0.385. The van der Waals surface area contributed by atoms with E-state index in [1.54, 1.807) is 18.2 Å². The van der Waals surface area contributed by atoms with Crippen molar-refractivity contribution in [3.63, 3.8) is 0 Å². The van der Waals surface area contributed by atoms with Gasteiger partial charge in [0.15, 0.2) is 0 Å². The summed E-state index contributed by atoms with van der Waals surface area (Å²) >= 11 is 0.839. The van der Waals surface area contributed by atoms with Crippen LogP contribution in [-0.4, -0.2) is 27.5 Å². The van der Waals surface area contributed by atoms with E-state index in [9.17, 15) is 32.9 Å². The quantitative estimate of drug-likeness (QED) is 0.176. The van der Waals surface area contributed by atoms with Crippen LogP contribution in [-0.2, 0) is 17.4 Å². The summed E-state index contributed by atoms with van der Waals surface area (Å²) in [6, 6.07) is 17.8. The molecule has 0 bridgehead atoms. The number of benzene rings is 3. The number of carbonyl (C=O) groups is 2. The molecule has 11 heteroatoms. The van der Waals surface area contributed by atoms with Gasteiger partial charge in [0.1, 0.15) is 5.75 Å². The normalized spacial score (nSPS) is 14.9. The lowest BCUT2D eigenvalue weighted by Crippen LogP contribution is -2.29. The number of nitro benzene ring substituents is 1. The van der Waals surface area contributed by atoms with E-state index < -0.39 is 22.4 Å². The number of thioether (sulfide) groups is 1. The fourth-order valence-corrected chi connectivity index (χ4v) is 4.48. The first kappa shape index (κ1) is 26.0. The maximum Gasteiger partial charge on any atom is 0.416 e. The van der Waals surface area contributed by atoms with Crippen LogP contribution in [0.15, 0.2) is 77.7 Å². The molecule has 3 aromatic carbocycles. The molecular weight excluding hydrogens is 509 g/mol. The smallest absolute Gasteiger partial charge is 0.416 e. The molecule has 37 heavy (non-hydrogen) atoms. The Hall–Kier alpha value is -4.12. The highest BCUT2D eigenvalue weighted by Crippen LogP contribution is 2.38. The topological polar surface area (TPSA) is 89.7 Å². The number of aryl methyl sites for hydroxylation is 1. The lowest BCUT2D eigenvalue weighted by Gasteiger charge is -2.12. The number of hydrogen-bond acceptors (Lipinski definition) is 6. The molecule has 0 atom stereocenters. The number of hydrogen-bond donors (Lipinski definition) is 0. The largest absolute Gasteiger partial charge is 0.450 e. The molecule has 190 valence electrons. The van der Waals surface area contributed by atoms with E-state index in [1.807, 2.05) is 30.3 Å². The summed E-state index contributed by atoms with van der Waals surface area (Å²) < 4.78 is 44.1. The fraction of sp³-hybridized carbons (Fsp3) is 0.154. The Morgan fingerprint density at radius 2 is 1.70 bits per heavy atom. The van der Waals surface area contributed by atoms with Crippen molar-refractivity contribution < 1.29 is 32.4 Å². The second-order valence-electron chi connectivity index (χ2n) is 8.03. The van der Waals surface area contributed by atoms with Crippen molar-refractivity contribution >= 4 is 34.7 Å². The van der Waals surface area contributed by atoms with Gasteiger partial charge in [0.2, 0.25) is 5.75 Å². The SMILES string of the molecule is O=C1S/C(=C/c2ccc(Oc3ccc(C(F)(F)F)cc3[N+](=O)[O-])cc2)C(=O)N1CCCc1ccccc1. The van der Waals surface area contributed by atoms with E-state index in [1.165, 1.54) is 17.0 Å². The van der Waals surface area contributed by atoms with Crippen molar-refractivity contribution in [2.24, 2.45) is 0 Å². The Labute approximate surface area is 213 Å². The van der Waals surface area contributed by atoms with Gasteiger partial charge in [0.05, 0.1) is 15.4 Å². The number of imide groups is 1. The van der Waals surface area contributed by atoms with E-state index >= 15 is 0 Å². The van der Waals surface area contributed by atoms with Gasteiger partial charge in [-0.2, -0.15) is 13.2 Å². The predicted octanol–water partition coefficient (Wildman–Crippen LogP) is 7.08. The Balaban J connectivity index is 1.42. The molecule has 0 spiro atoms. The van der Waals surface area contributed by atoms with Gasteiger partial charge in [-0.15, -0.1) is 0 Å². The van der Waals surface area contributed by atoms with Crippen LogP contribution < -0.4 is 4.74 Å². The zero-order valence-corrected chi connectivity index (χ0v) is 19.9. The lowest BCUT2D eigenvalue weighted by atomic mass is 10.1. The summed E-state index contributed by atoms with van der Waals surface area (Å²) in [6.45, 7) is 0.301. The number of carbonyl (C=O) groups excluding carboxylic acids is 2. The van der Waals surface area contributed by atoms with Crippen molar-refractivity contribution in [3.05, 3.63) is 105 Å². The van der Waals surface area contributed by atoms with Gasteiger partial charge in [0.25, 0.3) is 11.1 Å². The molecule has 1 aliphatic heterocycles. The molecule has 4 rings (SSSR count). The average molecular weight is 529 g/mol. The molecule has 3 aromatic rings. The van der Waals surface area contributed by atoms with Gasteiger partial charge in [-0.3, -0.25) is 24.6 Å². The highest BCUT2D eigenvalue weighted by atomic mass is 32.2. The van der Waals surface area contributed by atoms with Gasteiger partial charge in [-0.05, 0) is 66.1 Å². The van der Waals surface area contributed by atoms with Crippen LogP contribution in [0.3, 0.4) is 0 Å². The number of amides is 2. The molecule has 0 aliphatic carbocycles. The first-order chi connectivity index (χ1) is 17.6. The van der Waals surface area contributed by atoms with Gasteiger partial charge in [-0.25, -0.2) is 0 Å². The standard InChI is InChI=1S/C26H19F3N2O5S/c27-26(28,29)19-10-13-22(21(16-19)31(34)35)36-20-11-8-18(9-12-20)15-23-24(32)30(25(33)37-23)14-4-7-17-5-2-1-3-6-17/h1-3,5-6,8-13,15-16H,4,7,14H2/b23-15+. The summed E-state index contributed by atoms with van der Waals surface area (Å²) in [6.07, 6.45) is -1.81. The van der Waals surface area contributed by atoms with Crippen molar-refractivity contribution in [3.8, 4) is 11.5 Å². The summed E-state index contributed by atoms with van der Waals surface area (Å²) in [4.78, 5) is 36.8. The number of rotatable bonds is 8. The maximum atomic E-state index is 12.9. The number of nitro groups is 1. The minimum Gasteiger partial charge on any atom is -0.450 e. The highest BCUT2D eigenvalue weighted by Gasteiger charge is 2.35. The average Bonchev–Trinajstić information content (AvgIpc) is 3.12. The first-order valence-electron chi connectivity index (χ1n) is 11.0. The van der Waals surface area contributed by atoms with Gasteiger partial charge in [0, 0.05) is 12.6 Å². The predicted molar refractivity (Wildman–Crippen MR) is 132 cm³/mol. The molecule has 1 fully saturated rings. The van der Waals surface area contributed by atoms with E-state index in [0.717, 1.165) is 29.8 Å². The third-order valence-electron chi connectivity index (χ3n) is 5.45.